The molecule has 78 valence electrons. The molecule has 0 aliphatic rings. The fourth-order valence-electron chi connectivity index (χ4n) is 0.964. The van der Waals surface area contributed by atoms with Crippen LogP contribution >= 0.6 is 38.5 Å². The van der Waals surface area contributed by atoms with E-state index in [4.69, 9.17) is 0 Å². The summed E-state index contributed by atoms with van der Waals surface area (Å²) in [6, 6.07) is 0. The van der Waals surface area contributed by atoms with Crippen molar-refractivity contribution < 1.29 is 0 Å². The molecule has 1 atom stereocenters. The van der Waals surface area contributed by atoms with Crippen molar-refractivity contribution in [3.8, 4) is 0 Å². The van der Waals surface area contributed by atoms with E-state index in [9.17, 15) is 0 Å². The molecule has 14 heavy (non-hydrogen) atoms. The smallest absolute Gasteiger partial charge is 0.115 e. The Hall–Kier alpha value is 0.290. The monoisotopic (exact) mass is 368 g/mol. The number of alkyl halides is 1. The van der Waals surface area contributed by atoms with Crippen LogP contribution in [-0.4, -0.2) is 14.8 Å². The Labute approximate surface area is 107 Å². The highest BCUT2D eigenvalue weighted by Gasteiger charge is 2.23. The lowest BCUT2D eigenvalue weighted by atomic mass is 9.89. The van der Waals surface area contributed by atoms with Crippen LogP contribution in [0.15, 0.2) is 12.5 Å². The number of hydrogen-bond donors (Lipinski definition) is 0. The first-order chi connectivity index (χ1) is 6.41. The summed E-state index contributed by atoms with van der Waals surface area (Å²) in [5.74, 6) is 0. The van der Waals surface area contributed by atoms with Gasteiger partial charge in [-0.2, -0.15) is 0 Å². The van der Waals surface area contributed by atoms with Crippen molar-refractivity contribution in [3.05, 3.63) is 21.8 Å². The predicted octanol–water partition coefficient (Wildman–Crippen LogP) is 3.43. The molecule has 0 aliphatic carbocycles. The van der Waals surface area contributed by atoms with Gasteiger partial charge in [-0.15, -0.1) is 0 Å². The van der Waals surface area contributed by atoms with Crippen LogP contribution in [0.3, 0.4) is 0 Å². The van der Waals surface area contributed by atoms with Crippen molar-refractivity contribution in [2.75, 3.05) is 0 Å². The number of hydrogen-bond acceptors (Lipinski definition) is 2. The Balaban J connectivity index is 2.75. The van der Waals surface area contributed by atoms with E-state index in [1.807, 2.05) is 6.20 Å². The summed E-state index contributed by atoms with van der Waals surface area (Å²) >= 11 is 5.98. The molecular formula is C10H14BrIN2. The van der Waals surface area contributed by atoms with Gasteiger partial charge in [0.15, 0.2) is 0 Å². The average Bonchev–Trinajstić information content (AvgIpc) is 2.07. The minimum atomic E-state index is 0.258. The Morgan fingerprint density at radius 3 is 2.64 bits per heavy atom. The highest BCUT2D eigenvalue weighted by Crippen LogP contribution is 2.29. The lowest BCUT2D eigenvalue weighted by Crippen LogP contribution is -2.23. The molecule has 1 aromatic rings. The SMILES string of the molecule is CC(C)(C)C(Br)Cc1ncncc1I. The second-order valence-corrected chi connectivity index (χ2v) is 6.62. The van der Waals surface area contributed by atoms with E-state index < -0.39 is 0 Å². The summed E-state index contributed by atoms with van der Waals surface area (Å²) in [7, 11) is 0. The zero-order chi connectivity index (χ0) is 10.8. The Kier molecular flexibility index (Phi) is 4.30. The molecule has 0 N–H and O–H groups in total. The van der Waals surface area contributed by atoms with Crippen LogP contribution < -0.4 is 0 Å². The topological polar surface area (TPSA) is 25.8 Å². The molecule has 0 aromatic carbocycles. The highest BCUT2D eigenvalue weighted by molar-refractivity contribution is 14.1. The lowest BCUT2D eigenvalue weighted by Gasteiger charge is -2.25. The third-order valence-corrected chi connectivity index (χ3v) is 4.65. The van der Waals surface area contributed by atoms with Crippen molar-refractivity contribution >= 4 is 38.5 Å². The van der Waals surface area contributed by atoms with Crippen LogP contribution in [0.2, 0.25) is 0 Å². The molecule has 1 aromatic heterocycles. The van der Waals surface area contributed by atoms with E-state index in [0.717, 1.165) is 15.7 Å². The van der Waals surface area contributed by atoms with E-state index >= 15 is 0 Å². The largest absolute Gasteiger partial charge is 0.244 e. The molecule has 4 heteroatoms. The van der Waals surface area contributed by atoms with Crippen LogP contribution in [0.5, 0.6) is 0 Å². The lowest BCUT2D eigenvalue weighted by molar-refractivity contribution is 0.395. The first kappa shape index (κ1) is 12.4. The van der Waals surface area contributed by atoms with Crippen molar-refractivity contribution in [1.29, 1.82) is 0 Å². The van der Waals surface area contributed by atoms with Gasteiger partial charge in [0.05, 0.1) is 9.26 Å². The molecule has 1 unspecified atom stereocenters. The molecule has 1 rings (SSSR count). The van der Waals surface area contributed by atoms with Gasteiger partial charge in [0, 0.05) is 17.4 Å². The molecule has 0 fully saturated rings. The van der Waals surface area contributed by atoms with Crippen LogP contribution in [-0.2, 0) is 6.42 Å². The normalized spacial score (nSPS) is 14.1. The highest BCUT2D eigenvalue weighted by atomic mass is 127. The Morgan fingerprint density at radius 1 is 1.50 bits per heavy atom. The van der Waals surface area contributed by atoms with E-state index in [-0.39, 0.29) is 5.41 Å². The summed E-state index contributed by atoms with van der Waals surface area (Å²) in [4.78, 5) is 8.71. The number of rotatable bonds is 2. The quantitative estimate of drug-likeness (QED) is 0.590. The first-order valence-electron chi connectivity index (χ1n) is 4.49. The zero-order valence-electron chi connectivity index (χ0n) is 8.59. The fraction of sp³-hybridized carbons (Fsp3) is 0.600. The van der Waals surface area contributed by atoms with Gasteiger partial charge in [-0.25, -0.2) is 9.97 Å². The summed E-state index contributed by atoms with van der Waals surface area (Å²) in [6.45, 7) is 6.67. The predicted molar refractivity (Wildman–Crippen MR) is 70.6 cm³/mol. The molecular weight excluding hydrogens is 355 g/mol. The average molecular weight is 369 g/mol. The summed E-state index contributed by atoms with van der Waals surface area (Å²) < 4.78 is 1.14. The molecule has 1 heterocycles. The van der Waals surface area contributed by atoms with E-state index in [0.29, 0.717) is 4.83 Å². The van der Waals surface area contributed by atoms with E-state index in [1.165, 1.54) is 0 Å². The van der Waals surface area contributed by atoms with Crippen LogP contribution in [0.25, 0.3) is 0 Å². The number of nitrogens with zero attached hydrogens (tertiary/aromatic N) is 2. The third-order valence-electron chi connectivity index (χ3n) is 2.06. The van der Waals surface area contributed by atoms with Gasteiger partial charge in [-0.1, -0.05) is 36.7 Å². The van der Waals surface area contributed by atoms with Gasteiger partial charge in [-0.05, 0) is 28.0 Å². The van der Waals surface area contributed by atoms with Gasteiger partial charge in [0.2, 0.25) is 0 Å². The maximum absolute atomic E-state index is 4.28. The first-order valence-corrected chi connectivity index (χ1v) is 6.49. The van der Waals surface area contributed by atoms with Gasteiger partial charge >= 0.3 is 0 Å². The minimum absolute atomic E-state index is 0.258. The second kappa shape index (κ2) is 4.88. The summed E-state index contributed by atoms with van der Waals surface area (Å²) in [5.41, 5.74) is 1.38. The zero-order valence-corrected chi connectivity index (χ0v) is 12.3. The number of halogens is 2. The molecule has 0 bridgehead atoms. The van der Waals surface area contributed by atoms with E-state index in [1.54, 1.807) is 6.33 Å². The molecule has 0 aliphatic heterocycles. The van der Waals surface area contributed by atoms with Gasteiger partial charge in [0.25, 0.3) is 0 Å². The Bertz CT molecular complexity index is 309. The Morgan fingerprint density at radius 2 is 2.14 bits per heavy atom. The fourth-order valence-corrected chi connectivity index (χ4v) is 1.79. The minimum Gasteiger partial charge on any atom is -0.244 e. The molecule has 0 amide bonds. The van der Waals surface area contributed by atoms with Crippen LogP contribution in [0, 0.1) is 8.99 Å². The maximum atomic E-state index is 4.28. The maximum Gasteiger partial charge on any atom is 0.115 e. The molecule has 2 nitrogen and oxygen atoms in total. The van der Waals surface area contributed by atoms with Gasteiger partial charge in [-0.3, -0.25) is 0 Å². The van der Waals surface area contributed by atoms with Crippen LogP contribution in [0.1, 0.15) is 26.5 Å². The molecule has 0 saturated carbocycles. The summed E-state index contributed by atoms with van der Waals surface area (Å²) in [6.07, 6.45) is 4.41. The van der Waals surface area contributed by atoms with Crippen molar-refractivity contribution in [1.82, 2.24) is 9.97 Å². The van der Waals surface area contributed by atoms with E-state index in [2.05, 4.69) is 69.3 Å². The number of aromatic nitrogens is 2. The molecule has 0 spiro atoms. The van der Waals surface area contributed by atoms with Gasteiger partial charge < -0.3 is 0 Å². The van der Waals surface area contributed by atoms with Crippen LogP contribution in [0.4, 0.5) is 0 Å². The third kappa shape index (κ3) is 3.46. The van der Waals surface area contributed by atoms with Gasteiger partial charge in [0.1, 0.15) is 6.33 Å². The molecule has 0 radical (unpaired) electrons. The van der Waals surface area contributed by atoms with Crippen molar-refractivity contribution in [2.45, 2.75) is 32.0 Å². The van der Waals surface area contributed by atoms with Crippen molar-refractivity contribution in [2.24, 2.45) is 5.41 Å². The van der Waals surface area contributed by atoms with Crippen molar-refractivity contribution in [3.63, 3.8) is 0 Å². The summed E-state index contributed by atoms with van der Waals surface area (Å²) in [5, 5.41) is 0. The standard InChI is InChI=1S/C10H14BrIN2/c1-10(2,3)9(11)4-8-7(12)5-13-6-14-8/h5-6,9H,4H2,1-3H3. The second-order valence-electron chi connectivity index (χ2n) is 4.36. The molecule has 0 saturated heterocycles.